The lowest BCUT2D eigenvalue weighted by atomic mass is 10.1. The van der Waals surface area contributed by atoms with Gasteiger partial charge in [0, 0.05) is 42.8 Å². The van der Waals surface area contributed by atoms with Gasteiger partial charge in [-0.05, 0) is 53.1 Å². The number of aromatic nitrogens is 2. The van der Waals surface area contributed by atoms with Gasteiger partial charge in [-0.2, -0.15) is 13.2 Å². The molecule has 0 spiro atoms. The van der Waals surface area contributed by atoms with Crippen molar-refractivity contribution in [1.29, 1.82) is 0 Å². The van der Waals surface area contributed by atoms with Crippen LogP contribution in [0.25, 0.3) is 11.0 Å². The SMILES string of the molecule is O=c1c2c(c3cccnc3n1Cc1ccc(C(F)(F)F)cc1)CN(Cc1cc(F)cc(F)c1)C2. The Hall–Kier alpha value is -3.59. The average molecular weight is 471 g/mol. The highest BCUT2D eigenvalue weighted by Gasteiger charge is 2.30. The molecule has 0 radical (unpaired) electrons. The molecule has 0 N–H and O–H groups in total. The molecule has 34 heavy (non-hydrogen) atoms. The maximum Gasteiger partial charge on any atom is 0.416 e. The number of fused-ring (bicyclic) bond motifs is 3. The average Bonchev–Trinajstić information content (AvgIpc) is 3.20. The lowest BCUT2D eigenvalue weighted by molar-refractivity contribution is -0.137. The summed E-state index contributed by atoms with van der Waals surface area (Å²) in [7, 11) is 0. The van der Waals surface area contributed by atoms with Crippen molar-refractivity contribution in [2.45, 2.75) is 32.4 Å². The lowest BCUT2D eigenvalue weighted by Crippen LogP contribution is -2.26. The molecule has 0 bridgehead atoms. The Bertz CT molecular complexity index is 1420. The number of rotatable bonds is 4. The van der Waals surface area contributed by atoms with Crippen LogP contribution < -0.4 is 5.56 Å². The van der Waals surface area contributed by atoms with Gasteiger partial charge in [0.15, 0.2) is 0 Å². The summed E-state index contributed by atoms with van der Waals surface area (Å²) >= 11 is 0. The monoisotopic (exact) mass is 471 g/mol. The molecule has 9 heteroatoms. The van der Waals surface area contributed by atoms with Crippen LogP contribution in [0.2, 0.25) is 0 Å². The fourth-order valence-electron chi connectivity index (χ4n) is 4.45. The van der Waals surface area contributed by atoms with Crippen molar-refractivity contribution in [2.24, 2.45) is 0 Å². The maximum atomic E-state index is 13.6. The Morgan fingerprint density at radius 2 is 1.53 bits per heavy atom. The summed E-state index contributed by atoms with van der Waals surface area (Å²) in [5, 5.41) is 0.761. The van der Waals surface area contributed by atoms with E-state index in [9.17, 15) is 26.7 Å². The quantitative estimate of drug-likeness (QED) is 0.381. The van der Waals surface area contributed by atoms with E-state index >= 15 is 0 Å². The fourth-order valence-corrected chi connectivity index (χ4v) is 4.45. The molecule has 0 fully saturated rings. The number of hydrogen-bond acceptors (Lipinski definition) is 3. The Morgan fingerprint density at radius 3 is 2.21 bits per heavy atom. The van der Waals surface area contributed by atoms with E-state index < -0.39 is 23.4 Å². The molecule has 4 nitrogen and oxygen atoms in total. The Kier molecular flexibility index (Phi) is 5.44. The highest BCUT2D eigenvalue weighted by Crippen LogP contribution is 2.30. The van der Waals surface area contributed by atoms with E-state index in [4.69, 9.17) is 0 Å². The van der Waals surface area contributed by atoms with Crippen LogP contribution in [0.5, 0.6) is 0 Å². The number of hydrogen-bond donors (Lipinski definition) is 0. The highest BCUT2D eigenvalue weighted by atomic mass is 19.4. The zero-order valence-electron chi connectivity index (χ0n) is 17.7. The van der Waals surface area contributed by atoms with Crippen LogP contribution in [0.1, 0.15) is 27.8 Å². The third-order valence-corrected chi connectivity index (χ3v) is 5.95. The van der Waals surface area contributed by atoms with E-state index in [1.54, 1.807) is 12.3 Å². The molecule has 1 aliphatic heterocycles. The molecule has 0 saturated heterocycles. The van der Waals surface area contributed by atoms with Gasteiger partial charge in [0.25, 0.3) is 5.56 Å². The molecular weight excluding hydrogens is 453 g/mol. The van der Waals surface area contributed by atoms with Crippen LogP contribution in [0.3, 0.4) is 0 Å². The first-order chi connectivity index (χ1) is 16.2. The van der Waals surface area contributed by atoms with E-state index in [2.05, 4.69) is 4.98 Å². The molecule has 174 valence electrons. The molecule has 4 aromatic rings. The van der Waals surface area contributed by atoms with Gasteiger partial charge in [0.1, 0.15) is 17.3 Å². The van der Waals surface area contributed by atoms with Crippen LogP contribution in [0.4, 0.5) is 22.0 Å². The molecule has 0 atom stereocenters. The molecular formula is C25H18F5N3O. The topological polar surface area (TPSA) is 38.1 Å². The molecule has 2 aromatic heterocycles. The van der Waals surface area contributed by atoms with Gasteiger partial charge in [-0.3, -0.25) is 14.3 Å². The number of alkyl halides is 3. The summed E-state index contributed by atoms with van der Waals surface area (Å²) in [6.45, 7) is 1.01. The van der Waals surface area contributed by atoms with E-state index in [-0.39, 0.29) is 25.2 Å². The number of pyridine rings is 2. The van der Waals surface area contributed by atoms with Gasteiger partial charge < -0.3 is 0 Å². The normalized spacial score (nSPS) is 14.0. The van der Waals surface area contributed by atoms with E-state index in [0.29, 0.717) is 28.9 Å². The number of nitrogens with zero attached hydrogens (tertiary/aromatic N) is 3. The van der Waals surface area contributed by atoms with Crippen LogP contribution in [0.15, 0.2) is 65.6 Å². The van der Waals surface area contributed by atoms with E-state index in [1.165, 1.54) is 28.8 Å². The van der Waals surface area contributed by atoms with Gasteiger partial charge in [-0.15, -0.1) is 0 Å². The molecule has 0 amide bonds. The van der Waals surface area contributed by atoms with Crippen molar-refractivity contribution in [1.82, 2.24) is 14.5 Å². The summed E-state index contributed by atoms with van der Waals surface area (Å²) in [4.78, 5) is 19.7. The highest BCUT2D eigenvalue weighted by molar-refractivity contribution is 5.80. The molecule has 0 unspecified atom stereocenters. The summed E-state index contributed by atoms with van der Waals surface area (Å²) < 4.78 is 67.4. The Morgan fingerprint density at radius 1 is 0.853 bits per heavy atom. The van der Waals surface area contributed by atoms with Gasteiger partial charge in [-0.25, -0.2) is 13.8 Å². The lowest BCUT2D eigenvalue weighted by Gasteiger charge is -2.14. The smallest absolute Gasteiger partial charge is 0.290 e. The second kappa shape index (κ2) is 8.32. The molecule has 0 saturated carbocycles. The number of benzene rings is 2. The first kappa shape index (κ1) is 22.2. The predicted octanol–water partition coefficient (Wildman–Crippen LogP) is 5.26. The minimum atomic E-state index is -4.44. The Labute approximate surface area is 190 Å². The third kappa shape index (κ3) is 4.19. The summed E-state index contributed by atoms with van der Waals surface area (Å²) in [5.41, 5.74) is 1.73. The molecule has 2 aromatic carbocycles. The zero-order chi connectivity index (χ0) is 24.0. The van der Waals surface area contributed by atoms with Crippen molar-refractivity contribution in [3.05, 3.63) is 111 Å². The van der Waals surface area contributed by atoms with Gasteiger partial charge in [-0.1, -0.05) is 12.1 Å². The standard InChI is InChI=1S/C25H18F5N3O/c26-18-8-16(9-19(27)10-18)11-32-13-21-20-2-1-7-31-23(20)33(24(34)22(21)14-32)12-15-3-5-17(6-4-15)25(28,29)30/h1-10H,11-14H2. The maximum absolute atomic E-state index is 13.6. The first-order valence-electron chi connectivity index (χ1n) is 10.5. The van der Waals surface area contributed by atoms with Crippen LogP contribution in [-0.2, 0) is 32.4 Å². The van der Waals surface area contributed by atoms with Crippen LogP contribution in [-0.4, -0.2) is 14.5 Å². The van der Waals surface area contributed by atoms with Crippen LogP contribution in [0, 0.1) is 11.6 Å². The summed E-state index contributed by atoms with van der Waals surface area (Å²) in [6, 6.07) is 11.6. The van der Waals surface area contributed by atoms with Crippen molar-refractivity contribution in [2.75, 3.05) is 0 Å². The molecule has 3 heterocycles. The number of halogens is 5. The van der Waals surface area contributed by atoms with E-state index in [0.717, 1.165) is 29.1 Å². The molecule has 0 aliphatic carbocycles. The predicted molar refractivity (Wildman–Crippen MR) is 116 cm³/mol. The zero-order valence-corrected chi connectivity index (χ0v) is 17.7. The first-order valence-corrected chi connectivity index (χ1v) is 10.5. The second-order valence-electron chi connectivity index (χ2n) is 8.34. The summed E-state index contributed by atoms with van der Waals surface area (Å²) in [6.07, 6.45) is -2.88. The van der Waals surface area contributed by atoms with Crippen molar-refractivity contribution < 1.29 is 22.0 Å². The van der Waals surface area contributed by atoms with Crippen molar-refractivity contribution >= 4 is 11.0 Å². The van der Waals surface area contributed by atoms with Gasteiger partial charge in [0.05, 0.1) is 12.1 Å². The van der Waals surface area contributed by atoms with Crippen LogP contribution >= 0.6 is 0 Å². The minimum absolute atomic E-state index is 0.0624. The largest absolute Gasteiger partial charge is 0.416 e. The fraction of sp³-hybridized carbons (Fsp3) is 0.200. The Balaban J connectivity index is 1.50. The van der Waals surface area contributed by atoms with Gasteiger partial charge >= 0.3 is 6.18 Å². The van der Waals surface area contributed by atoms with Crippen molar-refractivity contribution in [3.63, 3.8) is 0 Å². The van der Waals surface area contributed by atoms with Gasteiger partial charge in [0.2, 0.25) is 0 Å². The minimum Gasteiger partial charge on any atom is -0.290 e. The third-order valence-electron chi connectivity index (χ3n) is 5.95. The molecule has 1 aliphatic rings. The van der Waals surface area contributed by atoms with E-state index in [1.807, 2.05) is 11.0 Å². The molecule has 5 rings (SSSR count). The summed E-state index contributed by atoms with van der Waals surface area (Å²) in [5.74, 6) is -1.33. The van der Waals surface area contributed by atoms with Crippen molar-refractivity contribution in [3.8, 4) is 0 Å². The second-order valence-corrected chi connectivity index (χ2v) is 8.34.